The maximum atomic E-state index is 11.4. The zero-order valence-electron chi connectivity index (χ0n) is 9.31. The Labute approximate surface area is 94.0 Å². The molecular weight excluding hydrogens is 216 g/mol. The van der Waals surface area contributed by atoms with Crippen molar-refractivity contribution in [2.75, 3.05) is 39.5 Å². The van der Waals surface area contributed by atoms with E-state index in [1.807, 2.05) is 0 Å². The number of hydrogen-bond donors (Lipinski definition) is 3. The number of amides is 2. The molecule has 0 saturated carbocycles. The SMILES string of the molecule is CCN(CCO)C(=O)NCCOCC(=O)O. The summed E-state index contributed by atoms with van der Waals surface area (Å²) in [4.78, 5) is 22.9. The average Bonchev–Trinajstić information content (AvgIpc) is 2.24. The van der Waals surface area contributed by atoms with E-state index in [1.165, 1.54) is 4.90 Å². The number of aliphatic carboxylic acids is 1. The molecule has 0 rings (SSSR count). The van der Waals surface area contributed by atoms with Gasteiger partial charge in [-0.05, 0) is 6.92 Å². The van der Waals surface area contributed by atoms with Gasteiger partial charge in [0.25, 0.3) is 0 Å². The third-order valence-electron chi connectivity index (χ3n) is 1.79. The van der Waals surface area contributed by atoms with E-state index in [4.69, 9.17) is 14.9 Å². The van der Waals surface area contributed by atoms with Crippen LogP contribution in [-0.4, -0.2) is 66.6 Å². The predicted octanol–water partition coefficient (Wildman–Crippen LogP) is -0.889. The van der Waals surface area contributed by atoms with Crippen LogP contribution >= 0.6 is 0 Å². The number of urea groups is 1. The molecule has 0 aromatic carbocycles. The van der Waals surface area contributed by atoms with Crippen molar-refractivity contribution in [2.45, 2.75) is 6.92 Å². The van der Waals surface area contributed by atoms with Crippen LogP contribution in [0.4, 0.5) is 4.79 Å². The molecule has 0 aromatic heterocycles. The van der Waals surface area contributed by atoms with E-state index in [9.17, 15) is 9.59 Å². The van der Waals surface area contributed by atoms with Crippen LogP contribution in [-0.2, 0) is 9.53 Å². The number of carboxylic acids is 1. The quantitative estimate of drug-likeness (QED) is 0.473. The second kappa shape index (κ2) is 8.93. The highest BCUT2D eigenvalue weighted by atomic mass is 16.5. The number of carboxylic acid groups (broad SMARTS) is 1. The van der Waals surface area contributed by atoms with Gasteiger partial charge in [-0.2, -0.15) is 0 Å². The van der Waals surface area contributed by atoms with Crippen molar-refractivity contribution in [3.8, 4) is 0 Å². The van der Waals surface area contributed by atoms with Gasteiger partial charge in [0, 0.05) is 19.6 Å². The van der Waals surface area contributed by atoms with Crippen molar-refractivity contribution in [3.63, 3.8) is 0 Å². The molecular formula is C9H18N2O5. The Morgan fingerprint density at radius 1 is 1.44 bits per heavy atom. The highest BCUT2D eigenvalue weighted by Crippen LogP contribution is 1.87. The average molecular weight is 234 g/mol. The van der Waals surface area contributed by atoms with Crippen molar-refractivity contribution < 1.29 is 24.5 Å². The van der Waals surface area contributed by atoms with Crippen molar-refractivity contribution in [2.24, 2.45) is 0 Å². The molecule has 0 aliphatic carbocycles. The van der Waals surface area contributed by atoms with Gasteiger partial charge in [0.05, 0.1) is 13.2 Å². The van der Waals surface area contributed by atoms with E-state index in [0.29, 0.717) is 6.54 Å². The van der Waals surface area contributed by atoms with Gasteiger partial charge in [-0.3, -0.25) is 0 Å². The highest BCUT2D eigenvalue weighted by molar-refractivity contribution is 5.74. The van der Waals surface area contributed by atoms with Gasteiger partial charge in [-0.15, -0.1) is 0 Å². The molecule has 7 heteroatoms. The lowest BCUT2D eigenvalue weighted by Crippen LogP contribution is -2.42. The van der Waals surface area contributed by atoms with Gasteiger partial charge in [0.2, 0.25) is 0 Å². The summed E-state index contributed by atoms with van der Waals surface area (Å²) in [7, 11) is 0. The zero-order valence-corrected chi connectivity index (χ0v) is 9.31. The Morgan fingerprint density at radius 3 is 2.62 bits per heavy atom. The molecule has 2 amide bonds. The molecule has 0 radical (unpaired) electrons. The first-order chi connectivity index (χ1) is 7.61. The van der Waals surface area contributed by atoms with Crippen LogP contribution in [0.1, 0.15) is 6.92 Å². The molecule has 0 fully saturated rings. The summed E-state index contributed by atoms with van der Waals surface area (Å²) in [6.45, 7) is 2.51. The van der Waals surface area contributed by atoms with Crippen molar-refractivity contribution in [3.05, 3.63) is 0 Å². The lowest BCUT2D eigenvalue weighted by molar-refractivity contribution is -0.142. The first kappa shape index (κ1) is 14.7. The lowest BCUT2D eigenvalue weighted by atomic mass is 10.5. The fourth-order valence-corrected chi connectivity index (χ4v) is 1.03. The minimum atomic E-state index is -1.04. The van der Waals surface area contributed by atoms with E-state index < -0.39 is 5.97 Å². The largest absolute Gasteiger partial charge is 0.480 e. The normalized spacial score (nSPS) is 9.88. The zero-order chi connectivity index (χ0) is 12.4. The number of likely N-dealkylation sites (N-methyl/N-ethyl adjacent to an activating group) is 1. The van der Waals surface area contributed by atoms with E-state index in [2.05, 4.69) is 5.32 Å². The molecule has 0 heterocycles. The maximum absolute atomic E-state index is 11.4. The highest BCUT2D eigenvalue weighted by Gasteiger charge is 2.09. The number of nitrogens with one attached hydrogen (secondary N) is 1. The van der Waals surface area contributed by atoms with E-state index in [-0.39, 0.29) is 38.9 Å². The fourth-order valence-electron chi connectivity index (χ4n) is 1.03. The molecule has 3 N–H and O–H groups in total. The first-order valence-electron chi connectivity index (χ1n) is 5.05. The molecule has 0 aliphatic heterocycles. The lowest BCUT2D eigenvalue weighted by Gasteiger charge is -2.19. The molecule has 94 valence electrons. The number of nitrogens with zero attached hydrogens (tertiary/aromatic N) is 1. The molecule has 0 bridgehead atoms. The minimum absolute atomic E-state index is 0.0865. The Morgan fingerprint density at radius 2 is 2.12 bits per heavy atom. The smallest absolute Gasteiger partial charge is 0.329 e. The van der Waals surface area contributed by atoms with Crippen LogP contribution in [0.3, 0.4) is 0 Å². The third kappa shape index (κ3) is 7.02. The van der Waals surface area contributed by atoms with Crippen molar-refractivity contribution in [1.29, 1.82) is 0 Å². The summed E-state index contributed by atoms with van der Waals surface area (Å²) in [6, 6.07) is -0.296. The fraction of sp³-hybridized carbons (Fsp3) is 0.778. The van der Waals surface area contributed by atoms with Gasteiger partial charge in [0.1, 0.15) is 6.61 Å². The van der Waals surface area contributed by atoms with Gasteiger partial charge in [-0.25, -0.2) is 9.59 Å². The Balaban J connectivity index is 3.59. The molecule has 0 aromatic rings. The van der Waals surface area contributed by atoms with Gasteiger partial charge in [-0.1, -0.05) is 0 Å². The third-order valence-corrected chi connectivity index (χ3v) is 1.79. The van der Waals surface area contributed by atoms with Crippen molar-refractivity contribution >= 4 is 12.0 Å². The standard InChI is InChI=1S/C9H18N2O5/c1-2-11(4-5-12)9(15)10-3-6-16-7-8(13)14/h12H,2-7H2,1H3,(H,10,15)(H,13,14). The summed E-state index contributed by atoms with van der Waals surface area (Å²) in [5, 5.41) is 19.5. The number of ether oxygens (including phenoxy) is 1. The first-order valence-corrected chi connectivity index (χ1v) is 5.05. The molecule has 0 unspecified atom stereocenters. The summed E-state index contributed by atoms with van der Waals surface area (Å²) < 4.78 is 4.74. The summed E-state index contributed by atoms with van der Waals surface area (Å²) in [5.74, 6) is -1.04. The monoisotopic (exact) mass is 234 g/mol. The molecule has 7 nitrogen and oxygen atoms in total. The second-order valence-corrected chi connectivity index (χ2v) is 2.98. The van der Waals surface area contributed by atoms with Crippen LogP contribution in [0.15, 0.2) is 0 Å². The number of aliphatic hydroxyl groups is 1. The Kier molecular flexibility index (Phi) is 8.18. The molecule has 0 spiro atoms. The summed E-state index contributed by atoms with van der Waals surface area (Å²) in [6.07, 6.45) is 0. The number of hydrogen-bond acceptors (Lipinski definition) is 4. The summed E-state index contributed by atoms with van der Waals surface area (Å²) in [5.41, 5.74) is 0. The molecule has 0 atom stereocenters. The van der Waals surface area contributed by atoms with Gasteiger partial charge in [0.15, 0.2) is 0 Å². The van der Waals surface area contributed by atoms with Gasteiger partial charge < -0.3 is 25.2 Å². The van der Waals surface area contributed by atoms with Crippen LogP contribution < -0.4 is 5.32 Å². The number of rotatable bonds is 8. The Bertz CT molecular complexity index is 222. The number of carbonyl (C=O) groups excluding carboxylic acids is 1. The molecule has 16 heavy (non-hydrogen) atoms. The van der Waals surface area contributed by atoms with Crippen LogP contribution in [0, 0.1) is 0 Å². The minimum Gasteiger partial charge on any atom is -0.480 e. The number of carbonyl (C=O) groups is 2. The van der Waals surface area contributed by atoms with E-state index >= 15 is 0 Å². The molecule has 0 aliphatic rings. The van der Waals surface area contributed by atoms with E-state index in [0.717, 1.165) is 0 Å². The maximum Gasteiger partial charge on any atom is 0.329 e. The topological polar surface area (TPSA) is 99.1 Å². The van der Waals surface area contributed by atoms with Crippen LogP contribution in [0.5, 0.6) is 0 Å². The predicted molar refractivity (Wildman–Crippen MR) is 56.2 cm³/mol. The summed E-state index contributed by atoms with van der Waals surface area (Å²) >= 11 is 0. The van der Waals surface area contributed by atoms with Crippen molar-refractivity contribution in [1.82, 2.24) is 10.2 Å². The Hall–Kier alpha value is -1.34. The number of aliphatic hydroxyl groups excluding tert-OH is 1. The second-order valence-electron chi connectivity index (χ2n) is 2.98. The van der Waals surface area contributed by atoms with Crippen LogP contribution in [0.2, 0.25) is 0 Å². The molecule has 0 saturated heterocycles. The van der Waals surface area contributed by atoms with Gasteiger partial charge >= 0.3 is 12.0 Å². The van der Waals surface area contributed by atoms with E-state index in [1.54, 1.807) is 6.92 Å². The van der Waals surface area contributed by atoms with Crippen LogP contribution in [0.25, 0.3) is 0 Å².